The van der Waals surface area contributed by atoms with Crippen molar-refractivity contribution in [3.8, 4) is 0 Å². The first kappa shape index (κ1) is 47.9. The number of carbonyl (C=O) groups is 3. The molecule has 3 saturated heterocycles. The largest absolute Gasteiger partial charge is 0.316 e. The highest BCUT2D eigenvalue weighted by molar-refractivity contribution is 7.88. The molecule has 3 aliphatic heterocycles. The fourth-order valence-electron chi connectivity index (χ4n) is 10.8. The van der Waals surface area contributed by atoms with Gasteiger partial charge in [-0.25, -0.2) is 40.0 Å². The topological polar surface area (TPSA) is 151 Å². The van der Waals surface area contributed by atoms with Crippen LogP contribution in [0.15, 0.2) is 35.3 Å². The van der Waals surface area contributed by atoms with Crippen molar-refractivity contribution in [3.05, 3.63) is 69.6 Å². The molecule has 6 rings (SSSR count). The van der Waals surface area contributed by atoms with E-state index in [2.05, 4.69) is 26.8 Å². The molecule has 13 nitrogen and oxygen atoms in total. The molecular formula is C42H62N6O7S2. The van der Waals surface area contributed by atoms with E-state index in [9.17, 15) is 31.2 Å². The first-order chi connectivity index (χ1) is 25.5. The molecule has 0 aromatic carbocycles. The predicted molar refractivity (Wildman–Crippen MR) is 221 cm³/mol. The third-order valence-corrected chi connectivity index (χ3v) is 16.1. The summed E-state index contributed by atoms with van der Waals surface area (Å²) in [5.74, 6) is 0.244. The summed E-state index contributed by atoms with van der Waals surface area (Å²) >= 11 is 0. The molecule has 0 radical (unpaired) electrons. The van der Waals surface area contributed by atoms with Crippen molar-refractivity contribution in [1.82, 2.24) is 13.9 Å². The summed E-state index contributed by atoms with van der Waals surface area (Å²) in [5, 5.41) is 3.36. The van der Waals surface area contributed by atoms with Gasteiger partial charge in [0.25, 0.3) is 0 Å². The quantitative estimate of drug-likeness (QED) is 0.332. The van der Waals surface area contributed by atoms with Crippen LogP contribution in [0, 0.1) is 70.0 Å². The van der Waals surface area contributed by atoms with Crippen LogP contribution in [0.4, 0.5) is 0 Å². The Kier molecular flexibility index (Phi) is 13.4. The number of allylic oxidation sites excluding steroid dienone is 3. The summed E-state index contributed by atoms with van der Waals surface area (Å²) < 4.78 is 49.9. The molecule has 0 aromatic rings. The van der Waals surface area contributed by atoms with Gasteiger partial charge >= 0.3 is 0 Å². The number of hydrogen-bond donors (Lipinski definition) is 1. The van der Waals surface area contributed by atoms with Gasteiger partial charge in [0.2, 0.25) is 37.1 Å². The second-order valence-electron chi connectivity index (χ2n) is 19.0. The van der Waals surface area contributed by atoms with E-state index in [4.69, 9.17) is 19.7 Å². The molecule has 15 heteroatoms. The second-order valence-corrected chi connectivity index (χ2v) is 23.0. The molecule has 6 atom stereocenters. The molecule has 0 unspecified atom stereocenters. The first-order valence-electron chi connectivity index (χ1n) is 19.0. The van der Waals surface area contributed by atoms with Crippen LogP contribution in [0.25, 0.3) is 14.5 Å². The van der Waals surface area contributed by atoms with Crippen LogP contribution in [0.1, 0.15) is 89.0 Å². The van der Waals surface area contributed by atoms with Crippen LogP contribution >= 0.6 is 0 Å². The molecule has 57 heavy (non-hydrogen) atoms. The highest BCUT2D eigenvalue weighted by Gasteiger charge is 2.56. The van der Waals surface area contributed by atoms with Crippen molar-refractivity contribution in [3.63, 3.8) is 0 Å². The van der Waals surface area contributed by atoms with Gasteiger partial charge in [-0.3, -0.25) is 0 Å². The Balaban J connectivity index is 0.000000229. The number of Topliss-reactive ketones (excluding diaryl/α,β-unsaturated/α-hetero) is 3. The SMILES string of the molecule is C.[C-]#[N+]C1=C[C@@]2(C)CN(S(C)(=O)=O)CC[C@@H]2C(C)(C)C1=O.[C-]#[N+]C1=C[C@]2(C)CN(S(C)(=O)=O)CC[C@H]2C(C)(C)C1=O.[C-]#[N+]C1=C[C@]2(C)CNCC[C@H]2C(C)(C)C1=O. The highest BCUT2D eigenvalue weighted by atomic mass is 32.2. The van der Waals surface area contributed by atoms with E-state index in [0.717, 1.165) is 19.5 Å². The Labute approximate surface area is 341 Å². The van der Waals surface area contributed by atoms with Gasteiger partial charge in [0.05, 0.1) is 32.2 Å². The summed E-state index contributed by atoms with van der Waals surface area (Å²) in [6, 6.07) is 0. The summed E-state index contributed by atoms with van der Waals surface area (Å²) in [7, 11) is -6.50. The van der Waals surface area contributed by atoms with Crippen LogP contribution in [0.3, 0.4) is 0 Å². The van der Waals surface area contributed by atoms with E-state index in [1.807, 2.05) is 61.5 Å². The summed E-state index contributed by atoms with van der Waals surface area (Å²) in [6.07, 6.45) is 9.98. The second kappa shape index (κ2) is 15.9. The Hall–Kier alpha value is -3.52. The number of carbonyl (C=O) groups excluding carboxylic acids is 3. The van der Waals surface area contributed by atoms with Crippen molar-refractivity contribution < 1.29 is 31.2 Å². The highest BCUT2D eigenvalue weighted by Crippen LogP contribution is 2.54. The molecule has 0 saturated carbocycles. The van der Waals surface area contributed by atoms with Gasteiger partial charge in [-0.15, -0.1) is 0 Å². The maximum absolute atomic E-state index is 12.3. The van der Waals surface area contributed by atoms with Gasteiger partial charge < -0.3 is 19.7 Å². The lowest BCUT2D eigenvalue weighted by Gasteiger charge is -2.52. The van der Waals surface area contributed by atoms with Crippen molar-refractivity contribution in [2.24, 2.45) is 50.2 Å². The molecule has 3 aliphatic carbocycles. The standard InChI is InChI=1S/2C14H20N2O3S.C13H18N2O.CH4/c2*1-13(2)11-6-7-16(20(5,18)19)9-14(11,3)8-10(15-4)12(13)17;1-12(2)10-5-6-15-8-13(10,3)7-9(14-4)11(12)16;/h2*8,11H,6-7,9H2,1-3,5H3;7,10,15H,5-6,8H2,1-3H3;1H4/t2*11-,14+;10-,13+;/m100./s1. The Morgan fingerprint density at radius 2 is 0.877 bits per heavy atom. The van der Waals surface area contributed by atoms with E-state index in [1.165, 1.54) is 21.1 Å². The van der Waals surface area contributed by atoms with Gasteiger partial charge in [0.1, 0.15) is 0 Å². The average Bonchev–Trinajstić information content (AvgIpc) is 3.09. The zero-order chi connectivity index (χ0) is 42.7. The van der Waals surface area contributed by atoms with E-state index in [1.54, 1.807) is 12.2 Å². The van der Waals surface area contributed by atoms with Crippen LogP contribution in [-0.2, 0) is 34.4 Å². The summed E-state index contributed by atoms with van der Waals surface area (Å²) in [6.45, 7) is 42.4. The van der Waals surface area contributed by atoms with E-state index in [0.29, 0.717) is 50.6 Å². The number of nitrogens with one attached hydrogen (secondary N) is 1. The zero-order valence-corrected chi connectivity index (χ0v) is 36.4. The number of ketones is 3. The molecular weight excluding hydrogens is 765 g/mol. The fraction of sp³-hybridized carbons (Fsp3) is 0.714. The lowest BCUT2D eigenvalue weighted by Crippen LogP contribution is -2.56. The molecule has 0 amide bonds. The summed E-state index contributed by atoms with van der Waals surface area (Å²) in [5.41, 5.74) is -1.99. The number of fused-ring (bicyclic) bond motifs is 3. The van der Waals surface area contributed by atoms with Crippen LogP contribution in [0.2, 0.25) is 0 Å². The molecule has 6 aliphatic rings. The molecule has 3 heterocycles. The van der Waals surface area contributed by atoms with Crippen LogP contribution in [-0.4, -0.2) is 94.6 Å². The van der Waals surface area contributed by atoms with Gasteiger partial charge in [-0.1, -0.05) is 88.0 Å². The van der Waals surface area contributed by atoms with Crippen molar-refractivity contribution in [2.45, 2.75) is 89.0 Å². The number of piperidine rings is 3. The lowest BCUT2D eigenvalue weighted by atomic mass is 9.56. The van der Waals surface area contributed by atoms with Crippen molar-refractivity contribution in [1.29, 1.82) is 0 Å². The minimum atomic E-state index is -3.25. The lowest BCUT2D eigenvalue weighted by molar-refractivity contribution is -0.131. The minimum Gasteiger partial charge on any atom is -0.316 e. The molecule has 0 bridgehead atoms. The van der Waals surface area contributed by atoms with Gasteiger partial charge in [-0.05, 0) is 59.8 Å². The van der Waals surface area contributed by atoms with E-state index >= 15 is 0 Å². The normalized spacial score (nSPS) is 34.4. The number of rotatable bonds is 2. The Morgan fingerprint density at radius 1 is 0.579 bits per heavy atom. The minimum absolute atomic E-state index is 0. The van der Waals surface area contributed by atoms with Crippen LogP contribution in [0.5, 0.6) is 0 Å². The smallest absolute Gasteiger partial charge is 0.226 e. The van der Waals surface area contributed by atoms with Gasteiger partial charge in [0.15, 0.2) is 17.3 Å². The molecule has 0 aromatic heterocycles. The fourth-order valence-corrected chi connectivity index (χ4v) is 12.7. The summed E-state index contributed by atoms with van der Waals surface area (Å²) in [4.78, 5) is 46.9. The third kappa shape index (κ3) is 8.77. The predicted octanol–water partition coefficient (Wildman–Crippen LogP) is 6.02. The molecule has 1 N–H and O–H groups in total. The van der Waals surface area contributed by atoms with Crippen molar-refractivity contribution in [2.75, 3.05) is 51.8 Å². The van der Waals surface area contributed by atoms with Gasteiger partial charge in [0, 0.05) is 49.0 Å². The monoisotopic (exact) mass is 826 g/mol. The number of sulfonamides is 2. The average molecular weight is 827 g/mol. The number of nitrogens with zero attached hydrogens (tertiary/aromatic N) is 5. The molecule has 3 fully saturated rings. The van der Waals surface area contributed by atoms with E-state index in [-0.39, 0.29) is 53.4 Å². The van der Waals surface area contributed by atoms with E-state index < -0.39 is 47.1 Å². The number of hydrogen-bond acceptors (Lipinski definition) is 8. The Morgan fingerprint density at radius 3 is 1.18 bits per heavy atom. The Bertz CT molecular complexity index is 2020. The zero-order valence-electron chi connectivity index (χ0n) is 34.7. The van der Waals surface area contributed by atoms with Gasteiger partial charge in [-0.2, -0.15) is 0 Å². The maximum atomic E-state index is 12.3. The van der Waals surface area contributed by atoms with Crippen molar-refractivity contribution >= 4 is 37.4 Å². The maximum Gasteiger partial charge on any atom is 0.226 e. The van der Waals surface area contributed by atoms with Crippen LogP contribution < -0.4 is 5.32 Å². The molecule has 0 spiro atoms. The first-order valence-corrected chi connectivity index (χ1v) is 22.7. The third-order valence-electron chi connectivity index (χ3n) is 13.6. The molecule has 314 valence electrons.